The number of aromatic nitrogens is 1. The predicted octanol–water partition coefficient (Wildman–Crippen LogP) is 0.0250. The van der Waals surface area contributed by atoms with Gasteiger partial charge in [0.05, 0.1) is 18.5 Å². The summed E-state index contributed by atoms with van der Waals surface area (Å²) in [6, 6.07) is 5.71. The summed E-state index contributed by atoms with van der Waals surface area (Å²) in [5, 5.41) is 0. The Kier molecular flexibility index (Phi) is 4.72. The van der Waals surface area contributed by atoms with Gasteiger partial charge in [-0.25, -0.2) is 18.4 Å². The zero-order valence-corrected chi connectivity index (χ0v) is 14.5. The summed E-state index contributed by atoms with van der Waals surface area (Å²) in [4.78, 5) is 12.8. The van der Waals surface area contributed by atoms with E-state index in [0.29, 0.717) is 38.6 Å². The molecular formula is C15H22N6O2S. The lowest BCUT2D eigenvalue weighted by molar-refractivity contribution is 0.224. The van der Waals surface area contributed by atoms with E-state index >= 15 is 0 Å². The number of nitrogens with two attached hydrogens (primary N) is 1. The van der Waals surface area contributed by atoms with Gasteiger partial charge in [0.1, 0.15) is 17.5 Å². The highest BCUT2D eigenvalue weighted by atomic mass is 32.2. The van der Waals surface area contributed by atoms with Gasteiger partial charge in [0.25, 0.3) is 0 Å². The molecule has 0 radical (unpaired) electrons. The Morgan fingerprint density at radius 3 is 2.58 bits per heavy atom. The molecule has 2 N–H and O–H groups in total. The van der Waals surface area contributed by atoms with Crippen molar-refractivity contribution in [2.75, 3.05) is 43.4 Å². The molecule has 0 aromatic carbocycles. The Morgan fingerprint density at radius 2 is 1.96 bits per heavy atom. The van der Waals surface area contributed by atoms with Gasteiger partial charge in [-0.2, -0.15) is 4.31 Å². The molecule has 0 spiro atoms. The molecule has 1 aromatic rings. The molecule has 24 heavy (non-hydrogen) atoms. The van der Waals surface area contributed by atoms with E-state index in [0.717, 1.165) is 11.6 Å². The van der Waals surface area contributed by atoms with Gasteiger partial charge in [0.2, 0.25) is 10.0 Å². The van der Waals surface area contributed by atoms with Crippen molar-refractivity contribution >= 4 is 21.7 Å². The van der Waals surface area contributed by atoms with Gasteiger partial charge in [0.15, 0.2) is 0 Å². The first-order chi connectivity index (χ1) is 11.5. The van der Waals surface area contributed by atoms with Crippen LogP contribution < -0.4 is 10.6 Å². The van der Waals surface area contributed by atoms with E-state index in [4.69, 9.17) is 5.73 Å². The highest BCUT2D eigenvalue weighted by Gasteiger charge is 2.29. The van der Waals surface area contributed by atoms with Crippen LogP contribution in [0.1, 0.15) is 6.92 Å². The fourth-order valence-corrected chi connectivity index (χ4v) is 3.92. The molecule has 130 valence electrons. The molecule has 1 saturated heterocycles. The van der Waals surface area contributed by atoms with E-state index < -0.39 is 10.0 Å². The summed E-state index contributed by atoms with van der Waals surface area (Å²) < 4.78 is 25.6. The number of nitrogens with zero attached hydrogens (tertiary/aromatic N) is 5. The number of piperazine rings is 1. The molecule has 2 aliphatic rings. The zero-order chi connectivity index (χ0) is 17.2. The lowest BCUT2D eigenvalue weighted by atomic mass is 10.3. The normalized spacial score (nSPS) is 19.9. The van der Waals surface area contributed by atoms with Crippen molar-refractivity contribution in [2.45, 2.75) is 6.92 Å². The third kappa shape index (κ3) is 3.36. The van der Waals surface area contributed by atoms with Crippen molar-refractivity contribution in [3.8, 4) is 0 Å². The van der Waals surface area contributed by atoms with Crippen molar-refractivity contribution in [3.63, 3.8) is 0 Å². The monoisotopic (exact) mass is 350 g/mol. The van der Waals surface area contributed by atoms with E-state index in [9.17, 15) is 8.42 Å². The van der Waals surface area contributed by atoms with E-state index in [1.807, 2.05) is 23.1 Å². The van der Waals surface area contributed by atoms with E-state index in [1.165, 1.54) is 0 Å². The standard InChI is InChI=1S/C15H22N6O2S/c1-2-24(22,23)20-9-7-19(8-10-20)15-11-18-13(16)12-21(15)14-5-3-4-6-17-14/h3-6,11H,2,7-10,12H2,1H3,(H2,16,18). The van der Waals surface area contributed by atoms with Crippen LogP contribution in [0, 0.1) is 0 Å². The van der Waals surface area contributed by atoms with Gasteiger partial charge in [-0.1, -0.05) is 6.07 Å². The van der Waals surface area contributed by atoms with Crippen LogP contribution in [0.25, 0.3) is 0 Å². The predicted molar refractivity (Wildman–Crippen MR) is 93.9 cm³/mol. The number of hydrogen-bond donors (Lipinski definition) is 1. The summed E-state index contributed by atoms with van der Waals surface area (Å²) in [7, 11) is -3.14. The molecule has 1 aromatic heterocycles. The fraction of sp³-hybridized carbons (Fsp3) is 0.467. The lowest BCUT2D eigenvalue weighted by Crippen LogP contribution is -2.52. The molecule has 9 heteroatoms. The van der Waals surface area contributed by atoms with Crippen LogP contribution in [-0.2, 0) is 10.0 Å². The molecule has 0 unspecified atom stereocenters. The average molecular weight is 350 g/mol. The highest BCUT2D eigenvalue weighted by Crippen LogP contribution is 2.23. The second kappa shape index (κ2) is 6.78. The topological polar surface area (TPSA) is 95.1 Å². The molecule has 0 amide bonds. The molecule has 0 saturated carbocycles. The summed E-state index contributed by atoms with van der Waals surface area (Å²) in [6.45, 7) is 4.32. The molecule has 0 atom stereocenters. The van der Waals surface area contributed by atoms with Crippen LogP contribution >= 0.6 is 0 Å². The third-order valence-electron chi connectivity index (χ3n) is 4.19. The molecule has 0 aliphatic carbocycles. The summed E-state index contributed by atoms with van der Waals surface area (Å²) in [5.41, 5.74) is 5.88. The summed E-state index contributed by atoms with van der Waals surface area (Å²) >= 11 is 0. The first-order valence-corrected chi connectivity index (χ1v) is 9.56. The van der Waals surface area contributed by atoms with Crippen molar-refractivity contribution in [3.05, 3.63) is 36.4 Å². The Balaban J connectivity index is 1.78. The smallest absolute Gasteiger partial charge is 0.213 e. The van der Waals surface area contributed by atoms with Crippen molar-refractivity contribution in [1.82, 2.24) is 14.2 Å². The van der Waals surface area contributed by atoms with E-state index in [1.54, 1.807) is 23.6 Å². The largest absolute Gasteiger partial charge is 0.386 e. The lowest BCUT2D eigenvalue weighted by Gasteiger charge is -2.40. The number of anilines is 1. The van der Waals surface area contributed by atoms with Crippen molar-refractivity contribution in [1.29, 1.82) is 0 Å². The van der Waals surface area contributed by atoms with Crippen LogP contribution in [0.5, 0.6) is 0 Å². The molecule has 1 fully saturated rings. The quantitative estimate of drug-likeness (QED) is 0.823. The number of aliphatic imine (C=N–C) groups is 1. The molecule has 3 heterocycles. The van der Waals surface area contributed by atoms with Gasteiger partial charge in [-0.15, -0.1) is 0 Å². The second-order valence-electron chi connectivity index (χ2n) is 5.67. The van der Waals surface area contributed by atoms with Crippen molar-refractivity contribution < 1.29 is 8.42 Å². The summed E-state index contributed by atoms with van der Waals surface area (Å²) in [6.07, 6.45) is 3.47. The van der Waals surface area contributed by atoms with Crippen LogP contribution in [0.3, 0.4) is 0 Å². The minimum Gasteiger partial charge on any atom is -0.386 e. The van der Waals surface area contributed by atoms with Gasteiger partial charge in [-0.3, -0.25) is 0 Å². The van der Waals surface area contributed by atoms with Crippen LogP contribution in [-0.4, -0.2) is 66.9 Å². The Bertz CT molecular complexity index is 738. The maximum Gasteiger partial charge on any atom is 0.213 e. The Labute approximate surface area is 142 Å². The van der Waals surface area contributed by atoms with Gasteiger partial charge >= 0.3 is 0 Å². The van der Waals surface area contributed by atoms with E-state index in [2.05, 4.69) is 14.9 Å². The first-order valence-electron chi connectivity index (χ1n) is 7.95. The zero-order valence-electron chi connectivity index (χ0n) is 13.7. The Morgan fingerprint density at radius 1 is 1.21 bits per heavy atom. The molecule has 8 nitrogen and oxygen atoms in total. The number of sulfonamides is 1. The molecule has 0 bridgehead atoms. The molecule has 2 aliphatic heterocycles. The van der Waals surface area contributed by atoms with Crippen LogP contribution in [0.15, 0.2) is 41.4 Å². The highest BCUT2D eigenvalue weighted by molar-refractivity contribution is 7.89. The van der Waals surface area contributed by atoms with Crippen molar-refractivity contribution in [2.24, 2.45) is 10.7 Å². The van der Waals surface area contributed by atoms with Gasteiger partial charge in [-0.05, 0) is 19.1 Å². The number of hydrogen-bond acceptors (Lipinski definition) is 7. The van der Waals surface area contributed by atoms with Gasteiger partial charge in [0, 0.05) is 32.4 Å². The molecular weight excluding hydrogens is 328 g/mol. The van der Waals surface area contributed by atoms with Gasteiger partial charge < -0.3 is 15.5 Å². The third-order valence-corrected chi connectivity index (χ3v) is 6.07. The maximum absolute atomic E-state index is 12.0. The Hall–Kier alpha value is -2.13. The number of rotatable bonds is 4. The number of pyridine rings is 1. The average Bonchev–Trinajstić information content (AvgIpc) is 2.62. The summed E-state index contributed by atoms with van der Waals surface area (Å²) in [5.74, 6) is 2.36. The van der Waals surface area contributed by atoms with Crippen LogP contribution in [0.4, 0.5) is 5.82 Å². The molecule has 3 rings (SSSR count). The van der Waals surface area contributed by atoms with Crippen LogP contribution in [0.2, 0.25) is 0 Å². The van der Waals surface area contributed by atoms with E-state index in [-0.39, 0.29) is 5.75 Å². The second-order valence-corrected chi connectivity index (χ2v) is 7.93. The maximum atomic E-state index is 12.0. The minimum absolute atomic E-state index is 0.135. The first kappa shape index (κ1) is 16.7. The minimum atomic E-state index is -3.14. The SMILES string of the molecule is CCS(=O)(=O)N1CCN(C2=CN=C(N)CN2c2ccccn2)CC1. The number of amidine groups is 1. The fourth-order valence-electron chi connectivity index (χ4n) is 2.84.